The van der Waals surface area contributed by atoms with Gasteiger partial charge in [-0.25, -0.2) is 14.0 Å². The summed E-state index contributed by atoms with van der Waals surface area (Å²) in [6, 6.07) is 14.4. The van der Waals surface area contributed by atoms with Crippen molar-refractivity contribution in [1.29, 1.82) is 0 Å². The number of piperazine rings is 1. The minimum atomic E-state index is -1.34. The molecule has 2 N–H and O–H groups in total. The monoisotopic (exact) mass is 640 g/mol. The van der Waals surface area contributed by atoms with E-state index in [0.717, 1.165) is 24.5 Å². The quantitative estimate of drug-likeness (QED) is 0.183. The number of carboxylic acids is 1. The SMILES string of the molecule is COc1ccc(/C=C/C(=O)c2ccc(NC(=O)N3CCN(c4cc5c(cc4F)c(=O)c(C(=O)O)cn5C4CC4)CC3)cc2)cc1OC. The lowest BCUT2D eigenvalue weighted by atomic mass is 10.1. The molecular formula is C35H33FN4O7. The molecule has 4 aromatic rings. The van der Waals surface area contributed by atoms with E-state index in [2.05, 4.69) is 5.32 Å². The van der Waals surface area contributed by atoms with Gasteiger partial charge in [-0.1, -0.05) is 12.1 Å². The Morgan fingerprint density at radius 3 is 2.28 bits per heavy atom. The van der Waals surface area contributed by atoms with Gasteiger partial charge in [0, 0.05) is 55.1 Å². The van der Waals surface area contributed by atoms with Crippen molar-refractivity contribution in [2.45, 2.75) is 18.9 Å². The molecule has 2 fully saturated rings. The van der Waals surface area contributed by atoms with Gasteiger partial charge >= 0.3 is 12.0 Å². The largest absolute Gasteiger partial charge is 0.493 e. The van der Waals surface area contributed by atoms with Crippen LogP contribution >= 0.6 is 0 Å². The van der Waals surface area contributed by atoms with Crippen LogP contribution in [0.4, 0.5) is 20.6 Å². The standard InChI is InChI=1S/C35H33FN4O7/c1-46-31-12-4-21(17-32(31)47-2)3-11-30(41)22-5-7-23(8-6-22)37-35(45)39-15-13-38(14-16-39)29-19-28-25(18-27(29)36)33(42)26(34(43)44)20-40(28)24-9-10-24/h3-8,11-12,17-20,24H,9-10,13-16H2,1-2H3,(H,37,45)(H,43,44)/b11-3+. The molecule has 2 amide bonds. The predicted molar refractivity (Wildman–Crippen MR) is 176 cm³/mol. The Bertz CT molecular complexity index is 1960. The van der Waals surface area contributed by atoms with Gasteiger partial charge in [-0.05, 0) is 73.0 Å². The van der Waals surface area contributed by atoms with Crippen LogP contribution in [0.2, 0.25) is 0 Å². The Morgan fingerprint density at radius 1 is 0.936 bits per heavy atom. The van der Waals surface area contributed by atoms with Crippen LogP contribution in [0.25, 0.3) is 17.0 Å². The molecule has 242 valence electrons. The van der Waals surface area contributed by atoms with Crippen molar-refractivity contribution in [2.75, 3.05) is 50.6 Å². The van der Waals surface area contributed by atoms with Gasteiger partial charge in [0.15, 0.2) is 17.3 Å². The van der Waals surface area contributed by atoms with Gasteiger partial charge in [0.1, 0.15) is 11.4 Å². The van der Waals surface area contributed by atoms with Crippen LogP contribution in [0.5, 0.6) is 11.5 Å². The number of ether oxygens (including phenoxy) is 2. The summed E-state index contributed by atoms with van der Waals surface area (Å²) in [5, 5.41) is 12.4. The maximum Gasteiger partial charge on any atom is 0.341 e. The van der Waals surface area contributed by atoms with E-state index < -0.39 is 17.2 Å². The van der Waals surface area contributed by atoms with Crippen LogP contribution in [0, 0.1) is 5.82 Å². The minimum Gasteiger partial charge on any atom is -0.493 e. The number of anilines is 2. The zero-order chi connectivity index (χ0) is 33.2. The van der Waals surface area contributed by atoms with Crippen molar-refractivity contribution >= 4 is 46.1 Å². The number of pyridine rings is 1. The number of ketones is 1. The first-order valence-corrected chi connectivity index (χ1v) is 15.1. The van der Waals surface area contributed by atoms with Gasteiger partial charge in [-0.2, -0.15) is 0 Å². The van der Waals surface area contributed by atoms with E-state index in [1.807, 2.05) is 11.0 Å². The molecule has 47 heavy (non-hydrogen) atoms. The maximum atomic E-state index is 15.3. The van der Waals surface area contributed by atoms with Gasteiger partial charge in [-0.15, -0.1) is 0 Å². The fourth-order valence-corrected chi connectivity index (χ4v) is 5.70. The number of fused-ring (bicyclic) bond motifs is 1. The van der Waals surface area contributed by atoms with Crippen molar-refractivity contribution in [1.82, 2.24) is 9.47 Å². The number of halogens is 1. The molecule has 2 aliphatic rings. The molecular weight excluding hydrogens is 607 g/mol. The van der Waals surface area contributed by atoms with E-state index in [1.54, 1.807) is 72.2 Å². The Morgan fingerprint density at radius 2 is 1.64 bits per heavy atom. The summed E-state index contributed by atoms with van der Waals surface area (Å²) in [6.45, 7) is 1.37. The molecule has 1 saturated carbocycles. The fourth-order valence-electron chi connectivity index (χ4n) is 5.70. The Balaban J connectivity index is 1.08. The van der Waals surface area contributed by atoms with Crippen molar-refractivity contribution in [3.8, 4) is 11.5 Å². The lowest BCUT2D eigenvalue weighted by Gasteiger charge is -2.36. The Labute approximate surface area is 269 Å². The zero-order valence-electron chi connectivity index (χ0n) is 25.9. The average Bonchev–Trinajstić information content (AvgIpc) is 3.93. The van der Waals surface area contributed by atoms with Crippen LogP contribution in [-0.4, -0.2) is 72.8 Å². The molecule has 3 aromatic carbocycles. The molecule has 2 heterocycles. The number of urea groups is 1. The van der Waals surface area contributed by atoms with Crippen molar-refractivity contribution < 1.29 is 33.4 Å². The first-order chi connectivity index (χ1) is 22.7. The molecule has 0 radical (unpaired) electrons. The summed E-state index contributed by atoms with van der Waals surface area (Å²) < 4.78 is 27.6. The second-order valence-corrected chi connectivity index (χ2v) is 11.4. The third kappa shape index (κ3) is 6.53. The topological polar surface area (TPSA) is 130 Å². The second-order valence-electron chi connectivity index (χ2n) is 11.4. The highest BCUT2D eigenvalue weighted by molar-refractivity contribution is 6.07. The van der Waals surface area contributed by atoms with Crippen LogP contribution in [-0.2, 0) is 0 Å². The first kappa shape index (κ1) is 31.3. The lowest BCUT2D eigenvalue weighted by molar-refractivity contribution is 0.0694. The average molecular weight is 641 g/mol. The molecule has 6 rings (SSSR count). The summed E-state index contributed by atoms with van der Waals surface area (Å²) in [7, 11) is 3.09. The number of nitrogens with zero attached hydrogens (tertiary/aromatic N) is 3. The second kappa shape index (κ2) is 13.0. The Kier molecular flexibility index (Phi) is 8.66. The van der Waals surface area contributed by atoms with Gasteiger partial charge < -0.3 is 34.3 Å². The number of carbonyl (C=O) groups is 3. The molecule has 0 bridgehead atoms. The smallest absolute Gasteiger partial charge is 0.341 e. The van der Waals surface area contributed by atoms with Gasteiger partial charge in [-0.3, -0.25) is 9.59 Å². The molecule has 0 atom stereocenters. The third-order valence-electron chi connectivity index (χ3n) is 8.43. The number of benzene rings is 3. The number of aromatic carboxylic acids is 1. The minimum absolute atomic E-state index is 0.0395. The van der Waals surface area contributed by atoms with E-state index >= 15 is 4.39 Å². The van der Waals surface area contributed by atoms with Gasteiger partial charge in [0.2, 0.25) is 5.43 Å². The third-order valence-corrected chi connectivity index (χ3v) is 8.43. The van der Waals surface area contributed by atoms with E-state index in [1.165, 1.54) is 12.3 Å². The van der Waals surface area contributed by atoms with Crippen LogP contribution in [0.1, 0.15) is 45.2 Å². The van der Waals surface area contributed by atoms with Gasteiger partial charge in [0.25, 0.3) is 0 Å². The van der Waals surface area contributed by atoms with Gasteiger partial charge in [0.05, 0.1) is 25.4 Å². The summed E-state index contributed by atoms with van der Waals surface area (Å²) in [4.78, 5) is 53.6. The highest BCUT2D eigenvalue weighted by Gasteiger charge is 2.29. The van der Waals surface area contributed by atoms with Crippen molar-refractivity contribution in [3.05, 3.63) is 99.6 Å². The molecule has 12 heteroatoms. The summed E-state index contributed by atoms with van der Waals surface area (Å²) >= 11 is 0. The van der Waals surface area contributed by atoms with E-state index in [0.29, 0.717) is 60.1 Å². The molecule has 1 aliphatic carbocycles. The number of amides is 2. The number of hydrogen-bond donors (Lipinski definition) is 2. The summed E-state index contributed by atoms with van der Waals surface area (Å²) in [5.74, 6) is -1.01. The van der Waals surface area contributed by atoms with Crippen LogP contribution in [0.3, 0.4) is 0 Å². The molecule has 1 saturated heterocycles. The van der Waals surface area contributed by atoms with E-state index in [-0.39, 0.29) is 28.8 Å². The van der Waals surface area contributed by atoms with E-state index in [9.17, 15) is 24.3 Å². The lowest BCUT2D eigenvalue weighted by Crippen LogP contribution is -2.50. The number of carboxylic acid groups (broad SMARTS) is 1. The number of allylic oxidation sites excluding steroid dienone is 1. The number of methoxy groups -OCH3 is 2. The zero-order valence-corrected chi connectivity index (χ0v) is 25.9. The van der Waals surface area contributed by atoms with Crippen molar-refractivity contribution in [2.24, 2.45) is 0 Å². The molecule has 0 spiro atoms. The normalized spacial score (nSPS) is 14.8. The maximum absolute atomic E-state index is 15.3. The molecule has 1 aliphatic heterocycles. The Hall–Kier alpha value is -5.65. The summed E-state index contributed by atoms with van der Waals surface area (Å²) in [6.07, 6.45) is 6.21. The van der Waals surface area contributed by atoms with E-state index in [4.69, 9.17) is 9.47 Å². The molecule has 1 aromatic heterocycles. The number of carbonyl (C=O) groups excluding carboxylic acids is 2. The first-order valence-electron chi connectivity index (χ1n) is 15.1. The highest BCUT2D eigenvalue weighted by atomic mass is 19.1. The van der Waals surface area contributed by atoms with Crippen LogP contribution < -0.4 is 25.1 Å². The number of rotatable bonds is 9. The summed E-state index contributed by atoms with van der Waals surface area (Å²) in [5.41, 5.74) is 1.47. The fraction of sp³-hybridized carbons (Fsp3) is 0.257. The van der Waals surface area contributed by atoms with Crippen molar-refractivity contribution in [3.63, 3.8) is 0 Å². The highest BCUT2D eigenvalue weighted by Crippen LogP contribution is 2.38. The van der Waals surface area contributed by atoms with Crippen LogP contribution in [0.15, 0.2) is 71.7 Å². The number of hydrogen-bond acceptors (Lipinski definition) is 7. The predicted octanol–water partition coefficient (Wildman–Crippen LogP) is 5.44. The molecule has 11 nitrogen and oxygen atoms in total. The number of nitrogens with one attached hydrogen (secondary N) is 1. The number of aromatic nitrogens is 1. The molecule has 0 unspecified atom stereocenters.